The minimum absolute atomic E-state index is 0.00594. The van der Waals surface area contributed by atoms with E-state index in [9.17, 15) is 28.4 Å². The molecule has 0 aromatic heterocycles. The maximum Gasteiger partial charge on any atom is 0.321 e. The van der Waals surface area contributed by atoms with Crippen molar-refractivity contribution in [3.8, 4) is 6.07 Å². The Bertz CT molecular complexity index is 1250. The number of nitrogens with zero attached hydrogens (tertiary/aromatic N) is 1. The molecule has 1 N–H and O–H groups in total. The zero-order valence-electron chi connectivity index (χ0n) is 27.7. The van der Waals surface area contributed by atoms with Crippen LogP contribution in [-0.4, -0.2) is 28.9 Å². The van der Waals surface area contributed by atoms with Crippen molar-refractivity contribution in [3.05, 3.63) is 23.3 Å². The number of Topliss-reactive ketones (excluding diaryl/α,β-unsaturated/α-hetero) is 1. The second-order valence-electron chi connectivity index (χ2n) is 15.9. The topological polar surface area (TPSA) is 87.0 Å². The van der Waals surface area contributed by atoms with Crippen molar-refractivity contribution >= 4 is 17.5 Å². The van der Waals surface area contributed by atoms with Crippen molar-refractivity contribution in [3.63, 3.8) is 0 Å². The number of alkyl halides is 2. The van der Waals surface area contributed by atoms with Gasteiger partial charge in [-0.3, -0.25) is 14.4 Å². The number of fused-ring (bicyclic) bond motifs is 3. The molecule has 234 valence electrons. The lowest BCUT2D eigenvalue weighted by molar-refractivity contribution is -0.146. The quantitative estimate of drug-likeness (QED) is 0.295. The van der Waals surface area contributed by atoms with E-state index in [4.69, 9.17) is 0 Å². The Labute approximate surface area is 252 Å². The number of nitriles is 1. The highest BCUT2D eigenvalue weighted by Gasteiger charge is 2.64. The van der Waals surface area contributed by atoms with Crippen LogP contribution in [0.4, 0.5) is 8.78 Å². The minimum Gasteiger partial charge on any atom is -0.346 e. The molecule has 7 heteroatoms. The summed E-state index contributed by atoms with van der Waals surface area (Å²) in [7, 11) is 0. The van der Waals surface area contributed by atoms with Crippen molar-refractivity contribution in [1.29, 1.82) is 5.26 Å². The average Bonchev–Trinajstić information content (AvgIpc) is 2.88. The van der Waals surface area contributed by atoms with Crippen molar-refractivity contribution in [2.45, 2.75) is 133 Å². The highest BCUT2D eigenvalue weighted by Crippen LogP contribution is 2.69. The molecule has 1 fully saturated rings. The number of carbonyl (C=O) groups excluding carboxylic acids is 3. The predicted octanol–water partition coefficient (Wildman–Crippen LogP) is 8.15. The van der Waals surface area contributed by atoms with Crippen LogP contribution in [0.3, 0.4) is 0 Å². The third-order valence-corrected chi connectivity index (χ3v) is 12.3. The van der Waals surface area contributed by atoms with Gasteiger partial charge in [0.1, 0.15) is 6.07 Å². The van der Waals surface area contributed by atoms with Gasteiger partial charge in [0, 0.05) is 29.2 Å². The number of hydrogen-bond acceptors (Lipinski definition) is 4. The number of hydrogen-bond donors (Lipinski definition) is 1. The summed E-state index contributed by atoms with van der Waals surface area (Å²) in [4.78, 5) is 39.5. The molecule has 0 heterocycles. The third kappa shape index (κ3) is 5.52. The van der Waals surface area contributed by atoms with Crippen LogP contribution in [0.15, 0.2) is 23.3 Å². The monoisotopic (exact) mass is 586 g/mol. The Morgan fingerprint density at radius 3 is 2.19 bits per heavy atom. The molecule has 3 aliphatic rings. The Kier molecular flexibility index (Phi) is 8.67. The van der Waals surface area contributed by atoms with Gasteiger partial charge in [0.05, 0.1) is 5.57 Å². The smallest absolute Gasteiger partial charge is 0.321 e. The summed E-state index contributed by atoms with van der Waals surface area (Å²) in [6.07, 6.45) is 8.31. The first-order chi connectivity index (χ1) is 18.9. The van der Waals surface area contributed by atoms with Crippen LogP contribution in [0.1, 0.15) is 121 Å². The van der Waals surface area contributed by atoms with Gasteiger partial charge in [-0.05, 0) is 73.7 Å². The zero-order valence-corrected chi connectivity index (χ0v) is 27.7. The molecular weight excluding hydrogens is 534 g/mol. The second-order valence-corrected chi connectivity index (χ2v) is 15.9. The van der Waals surface area contributed by atoms with E-state index in [2.05, 4.69) is 52.9 Å². The molecular formula is C35H52F2N2O3. The fourth-order valence-electron chi connectivity index (χ4n) is 8.31. The summed E-state index contributed by atoms with van der Waals surface area (Å²) in [5.41, 5.74) is -2.19. The van der Waals surface area contributed by atoms with Gasteiger partial charge in [-0.15, -0.1) is 0 Å². The lowest BCUT2D eigenvalue weighted by Crippen LogP contribution is -2.60. The molecule has 0 radical (unpaired) electrons. The molecule has 1 amide bonds. The van der Waals surface area contributed by atoms with Crippen LogP contribution in [0.25, 0.3) is 0 Å². The largest absolute Gasteiger partial charge is 0.346 e. The van der Waals surface area contributed by atoms with Crippen molar-refractivity contribution in [2.75, 3.05) is 0 Å². The Morgan fingerprint density at radius 2 is 1.67 bits per heavy atom. The fourth-order valence-corrected chi connectivity index (χ4v) is 8.31. The van der Waals surface area contributed by atoms with Gasteiger partial charge < -0.3 is 5.32 Å². The first kappa shape index (κ1) is 34.1. The molecule has 3 aliphatic carbocycles. The van der Waals surface area contributed by atoms with Crippen molar-refractivity contribution < 1.29 is 23.2 Å². The van der Waals surface area contributed by atoms with E-state index in [1.807, 2.05) is 27.7 Å². The van der Waals surface area contributed by atoms with Crippen LogP contribution >= 0.6 is 0 Å². The molecule has 0 bridgehead atoms. The van der Waals surface area contributed by atoms with Crippen molar-refractivity contribution in [1.82, 2.24) is 5.32 Å². The molecule has 42 heavy (non-hydrogen) atoms. The molecule has 1 saturated carbocycles. The van der Waals surface area contributed by atoms with Crippen molar-refractivity contribution in [2.24, 2.45) is 38.9 Å². The number of ketones is 2. The lowest BCUT2D eigenvalue weighted by Gasteiger charge is -2.64. The van der Waals surface area contributed by atoms with Gasteiger partial charge in [-0.1, -0.05) is 80.4 Å². The summed E-state index contributed by atoms with van der Waals surface area (Å²) in [6.45, 7) is 21.0. The molecule has 0 aliphatic heterocycles. The predicted molar refractivity (Wildman–Crippen MR) is 161 cm³/mol. The standard InChI is InChI=1S/C35H52F2N2O3/c1-12-29(3,4)15-16-31(7,39-28(42)35(11,36)37)17-18-33(9)22(2)24(40)19-26-32(8)20-23(21-38)27(41)30(5,6)25(32)13-14-34(26,33)10/h19-20,22,25H,12-18H2,1-11H3,(H,39,42)/t22?,25-,31-,32-,33?,34+/m0/s1. The van der Waals surface area contributed by atoms with E-state index in [1.54, 1.807) is 12.2 Å². The normalized spacial score (nSPS) is 34.3. The Hall–Kier alpha value is -2.36. The van der Waals surface area contributed by atoms with E-state index in [0.29, 0.717) is 26.2 Å². The number of amides is 1. The number of allylic oxidation sites excluding steroid dienone is 4. The van der Waals surface area contributed by atoms with Crippen LogP contribution in [0.2, 0.25) is 0 Å². The highest BCUT2D eigenvalue weighted by atomic mass is 19.3. The number of halogens is 2. The van der Waals surface area contributed by atoms with Gasteiger partial charge >= 0.3 is 5.92 Å². The first-order valence-corrected chi connectivity index (χ1v) is 15.6. The summed E-state index contributed by atoms with van der Waals surface area (Å²) < 4.78 is 28.2. The maximum atomic E-state index is 14.1. The Balaban J connectivity index is 2.07. The minimum atomic E-state index is -3.50. The molecule has 3 rings (SSSR count). The molecule has 0 aromatic rings. The lowest BCUT2D eigenvalue weighted by atomic mass is 9.39. The summed E-state index contributed by atoms with van der Waals surface area (Å²) >= 11 is 0. The number of nitrogens with one attached hydrogen (secondary N) is 1. The zero-order chi connectivity index (χ0) is 32.3. The van der Waals surface area contributed by atoms with E-state index in [0.717, 1.165) is 31.3 Å². The summed E-state index contributed by atoms with van der Waals surface area (Å²) in [5, 5.41) is 12.6. The van der Waals surface area contributed by atoms with Gasteiger partial charge in [0.2, 0.25) is 0 Å². The Morgan fingerprint density at radius 1 is 1.07 bits per heavy atom. The van der Waals surface area contributed by atoms with Crippen LogP contribution in [-0.2, 0) is 14.4 Å². The molecule has 0 spiro atoms. The summed E-state index contributed by atoms with van der Waals surface area (Å²) in [6, 6.07) is 2.12. The van der Waals surface area contributed by atoms with Crippen LogP contribution < -0.4 is 5.32 Å². The van der Waals surface area contributed by atoms with Gasteiger partial charge in [-0.2, -0.15) is 14.0 Å². The molecule has 6 atom stereocenters. The van der Waals surface area contributed by atoms with Gasteiger partial charge in [0.25, 0.3) is 5.91 Å². The fraction of sp³-hybridized carbons (Fsp3) is 0.771. The SMILES string of the molecule is CCC(C)(C)CC[C@@](C)(CCC1(C)C(C)C(=O)C=C2[C@@]3(C)C=C(C#N)C(=O)C(C)(C)[C@@H]3CC[C@]21C)NC(=O)C(C)(F)F. The molecule has 0 saturated heterocycles. The molecule has 2 unspecified atom stereocenters. The molecule has 0 aromatic carbocycles. The number of carbonyl (C=O) groups is 3. The van der Waals surface area contributed by atoms with Gasteiger partial charge in [-0.25, -0.2) is 0 Å². The highest BCUT2D eigenvalue weighted by molar-refractivity contribution is 6.04. The van der Waals surface area contributed by atoms with E-state index >= 15 is 0 Å². The first-order valence-electron chi connectivity index (χ1n) is 15.6. The van der Waals surface area contributed by atoms with Gasteiger partial charge in [0.15, 0.2) is 11.6 Å². The second kappa shape index (κ2) is 10.7. The van der Waals surface area contributed by atoms with E-state index in [-0.39, 0.29) is 34.4 Å². The van der Waals surface area contributed by atoms with E-state index < -0.39 is 39.0 Å². The molecule has 5 nitrogen and oxygen atoms in total. The number of rotatable bonds is 9. The average molecular weight is 587 g/mol. The summed E-state index contributed by atoms with van der Waals surface area (Å²) in [5.74, 6) is -5.31. The van der Waals surface area contributed by atoms with Crippen LogP contribution in [0, 0.1) is 50.2 Å². The van der Waals surface area contributed by atoms with E-state index in [1.165, 1.54) is 0 Å². The van der Waals surface area contributed by atoms with Crippen LogP contribution in [0.5, 0.6) is 0 Å². The third-order valence-electron chi connectivity index (χ3n) is 12.3. The maximum absolute atomic E-state index is 14.1.